The summed E-state index contributed by atoms with van der Waals surface area (Å²) >= 11 is 0. The van der Waals surface area contributed by atoms with E-state index < -0.39 is 17.7 Å². The van der Waals surface area contributed by atoms with Crippen LogP contribution in [0.3, 0.4) is 0 Å². The van der Waals surface area contributed by atoms with Gasteiger partial charge in [-0.15, -0.1) is 0 Å². The predicted molar refractivity (Wildman–Crippen MR) is 134 cm³/mol. The van der Waals surface area contributed by atoms with Crippen molar-refractivity contribution in [3.8, 4) is 17.2 Å². The molecule has 0 aliphatic carbocycles. The molecule has 0 saturated carbocycles. The summed E-state index contributed by atoms with van der Waals surface area (Å²) in [6.45, 7) is 5.47. The third kappa shape index (κ3) is 4.89. The molecule has 9 heteroatoms. The molecule has 1 unspecified atom stereocenters. The minimum absolute atomic E-state index is 0.0266. The summed E-state index contributed by atoms with van der Waals surface area (Å²) in [5, 5.41) is 11.4. The van der Waals surface area contributed by atoms with Gasteiger partial charge in [0.25, 0.3) is 11.7 Å². The Labute approximate surface area is 210 Å². The van der Waals surface area contributed by atoms with Gasteiger partial charge < -0.3 is 29.0 Å². The van der Waals surface area contributed by atoms with Crippen molar-refractivity contribution in [3.63, 3.8) is 0 Å². The van der Waals surface area contributed by atoms with Crippen LogP contribution in [0.15, 0.2) is 42.0 Å². The van der Waals surface area contributed by atoms with Crippen molar-refractivity contribution >= 4 is 17.4 Å². The number of likely N-dealkylation sites (tertiary alicyclic amines) is 1. The summed E-state index contributed by atoms with van der Waals surface area (Å²) in [6.07, 6.45) is 0. The van der Waals surface area contributed by atoms with Crippen LogP contribution >= 0.6 is 0 Å². The summed E-state index contributed by atoms with van der Waals surface area (Å²) in [6, 6.07) is 9.56. The number of carbonyl (C=O) groups is 2. The Kier molecular flexibility index (Phi) is 7.81. The number of aliphatic hydroxyl groups is 1. The molecule has 0 bridgehead atoms. The fourth-order valence-corrected chi connectivity index (χ4v) is 4.73. The van der Waals surface area contributed by atoms with Crippen LogP contribution in [0, 0.1) is 6.92 Å². The van der Waals surface area contributed by atoms with Crippen LogP contribution < -0.4 is 14.2 Å². The van der Waals surface area contributed by atoms with E-state index in [4.69, 9.17) is 18.9 Å². The number of carbonyl (C=O) groups excluding carboxylic acids is 2. The largest absolute Gasteiger partial charge is 0.507 e. The fourth-order valence-electron chi connectivity index (χ4n) is 4.73. The zero-order valence-corrected chi connectivity index (χ0v) is 21.1. The Morgan fingerprint density at radius 3 is 2.28 bits per heavy atom. The highest BCUT2D eigenvalue weighted by atomic mass is 16.5. The van der Waals surface area contributed by atoms with Gasteiger partial charge in [-0.2, -0.15) is 0 Å². The van der Waals surface area contributed by atoms with Gasteiger partial charge in [0.05, 0.1) is 46.2 Å². The standard InChI is InChI=1S/C27H32N2O7/c1-17-15-18(33-2)5-7-20(17)25(30)23-24(21-8-6-19(34-3)16-22(21)35-4)29(27(32)26(23)31)10-9-28-11-13-36-14-12-28/h5-8,15-16,24,30H,9-14H2,1-4H3/b25-23-. The molecule has 2 aliphatic heterocycles. The van der Waals surface area contributed by atoms with Crippen molar-refractivity contribution < 1.29 is 33.6 Å². The van der Waals surface area contributed by atoms with Crippen LogP contribution in [0.5, 0.6) is 17.2 Å². The van der Waals surface area contributed by atoms with Crippen LogP contribution in [0.25, 0.3) is 5.76 Å². The highest BCUT2D eigenvalue weighted by Crippen LogP contribution is 2.44. The van der Waals surface area contributed by atoms with Crippen molar-refractivity contribution in [2.75, 3.05) is 60.7 Å². The third-order valence-electron chi connectivity index (χ3n) is 6.72. The van der Waals surface area contributed by atoms with Crippen LogP contribution in [-0.4, -0.2) is 87.3 Å². The summed E-state index contributed by atoms with van der Waals surface area (Å²) in [4.78, 5) is 30.4. The zero-order valence-electron chi connectivity index (χ0n) is 21.1. The van der Waals surface area contributed by atoms with E-state index in [9.17, 15) is 14.7 Å². The molecule has 9 nitrogen and oxygen atoms in total. The molecular weight excluding hydrogens is 464 g/mol. The van der Waals surface area contributed by atoms with E-state index in [0.717, 1.165) is 13.1 Å². The molecule has 1 N–H and O–H groups in total. The van der Waals surface area contributed by atoms with Crippen LogP contribution in [0.4, 0.5) is 0 Å². The molecule has 2 saturated heterocycles. The van der Waals surface area contributed by atoms with Crippen molar-refractivity contribution in [3.05, 3.63) is 58.7 Å². The molecule has 2 aromatic rings. The van der Waals surface area contributed by atoms with Crippen molar-refractivity contribution in [2.45, 2.75) is 13.0 Å². The van der Waals surface area contributed by atoms with Crippen LogP contribution in [0.1, 0.15) is 22.7 Å². The lowest BCUT2D eigenvalue weighted by Gasteiger charge is -2.31. The van der Waals surface area contributed by atoms with Gasteiger partial charge in [-0.3, -0.25) is 14.5 Å². The number of Topliss-reactive ketones (excluding diaryl/α,β-unsaturated/α-hetero) is 1. The second kappa shape index (κ2) is 11.0. The summed E-state index contributed by atoms with van der Waals surface area (Å²) in [7, 11) is 4.63. The van der Waals surface area contributed by atoms with Gasteiger partial charge in [-0.05, 0) is 42.8 Å². The molecule has 4 rings (SSSR count). The van der Waals surface area contributed by atoms with E-state index in [1.807, 2.05) is 6.92 Å². The zero-order chi connectivity index (χ0) is 25.8. The Morgan fingerprint density at radius 1 is 0.972 bits per heavy atom. The minimum Gasteiger partial charge on any atom is -0.507 e. The SMILES string of the molecule is COc1ccc(/C(O)=C2/C(=O)C(=O)N(CCN3CCOCC3)C2c2ccc(OC)cc2OC)c(C)c1. The topological polar surface area (TPSA) is 97.8 Å². The molecule has 2 heterocycles. The highest BCUT2D eigenvalue weighted by Gasteiger charge is 2.47. The first-order valence-electron chi connectivity index (χ1n) is 11.8. The van der Waals surface area contributed by atoms with E-state index in [2.05, 4.69) is 4.90 Å². The number of ether oxygens (including phenoxy) is 4. The Hall–Kier alpha value is -3.56. The quantitative estimate of drug-likeness (QED) is 0.339. The molecular formula is C27H32N2O7. The van der Waals surface area contributed by atoms with Crippen LogP contribution in [0.2, 0.25) is 0 Å². The van der Waals surface area contributed by atoms with Gasteiger partial charge in [0.15, 0.2) is 0 Å². The monoisotopic (exact) mass is 496 g/mol. The summed E-state index contributed by atoms with van der Waals surface area (Å²) in [5.41, 5.74) is 1.79. The first-order valence-corrected chi connectivity index (χ1v) is 11.8. The number of hydrogen-bond donors (Lipinski definition) is 1. The number of nitrogens with zero attached hydrogens (tertiary/aromatic N) is 2. The maximum atomic E-state index is 13.4. The Morgan fingerprint density at radius 2 is 1.64 bits per heavy atom. The number of benzene rings is 2. The average molecular weight is 497 g/mol. The number of morpholine rings is 1. The average Bonchev–Trinajstić information content (AvgIpc) is 3.16. The molecule has 192 valence electrons. The van der Waals surface area contributed by atoms with Crippen LogP contribution in [-0.2, 0) is 14.3 Å². The Balaban J connectivity index is 1.82. The molecule has 2 fully saturated rings. The van der Waals surface area contributed by atoms with E-state index in [0.29, 0.717) is 60.2 Å². The normalized spacial score (nSPS) is 20.0. The van der Waals surface area contributed by atoms with E-state index >= 15 is 0 Å². The second-order valence-electron chi connectivity index (χ2n) is 8.74. The number of aliphatic hydroxyl groups excluding tert-OH is 1. The lowest BCUT2D eigenvalue weighted by Crippen LogP contribution is -2.42. The van der Waals surface area contributed by atoms with E-state index in [1.165, 1.54) is 12.0 Å². The molecule has 2 aliphatic rings. The van der Waals surface area contributed by atoms with Gasteiger partial charge in [0.2, 0.25) is 0 Å². The van der Waals surface area contributed by atoms with Crippen molar-refractivity contribution in [1.29, 1.82) is 0 Å². The summed E-state index contributed by atoms with van der Waals surface area (Å²) in [5.74, 6) is 0.0434. The van der Waals surface area contributed by atoms with Crippen molar-refractivity contribution in [1.82, 2.24) is 9.80 Å². The molecule has 0 aromatic heterocycles. The number of aryl methyl sites for hydroxylation is 1. The first kappa shape index (κ1) is 25.5. The van der Waals surface area contributed by atoms with Gasteiger partial charge in [0.1, 0.15) is 23.0 Å². The number of methoxy groups -OCH3 is 3. The maximum absolute atomic E-state index is 13.4. The smallest absolute Gasteiger partial charge is 0.295 e. The molecule has 1 amide bonds. The summed E-state index contributed by atoms with van der Waals surface area (Å²) < 4.78 is 21.7. The first-order chi connectivity index (χ1) is 17.4. The molecule has 0 spiro atoms. The minimum atomic E-state index is -0.826. The second-order valence-corrected chi connectivity index (χ2v) is 8.74. The lowest BCUT2D eigenvalue weighted by molar-refractivity contribution is -0.140. The van der Waals surface area contributed by atoms with E-state index in [-0.39, 0.29) is 11.3 Å². The molecule has 2 aromatic carbocycles. The molecule has 36 heavy (non-hydrogen) atoms. The van der Waals surface area contributed by atoms with Crippen molar-refractivity contribution in [2.24, 2.45) is 0 Å². The number of ketones is 1. The number of amides is 1. The number of rotatable bonds is 8. The fraction of sp³-hybridized carbons (Fsp3) is 0.407. The molecule has 0 radical (unpaired) electrons. The third-order valence-corrected chi connectivity index (χ3v) is 6.72. The molecule has 1 atom stereocenters. The van der Waals surface area contributed by atoms with E-state index in [1.54, 1.807) is 50.6 Å². The predicted octanol–water partition coefficient (Wildman–Crippen LogP) is 2.77. The van der Waals surface area contributed by atoms with Gasteiger partial charge in [-0.1, -0.05) is 0 Å². The Bertz CT molecular complexity index is 1170. The maximum Gasteiger partial charge on any atom is 0.295 e. The lowest BCUT2D eigenvalue weighted by atomic mass is 9.93. The van der Waals surface area contributed by atoms with Gasteiger partial charge in [-0.25, -0.2) is 0 Å². The van der Waals surface area contributed by atoms with Gasteiger partial charge in [0, 0.05) is 43.4 Å². The number of hydrogen-bond acceptors (Lipinski definition) is 8. The van der Waals surface area contributed by atoms with Gasteiger partial charge >= 0.3 is 0 Å². The highest BCUT2D eigenvalue weighted by molar-refractivity contribution is 6.46.